The van der Waals surface area contributed by atoms with Crippen LogP contribution in [0.4, 0.5) is 0 Å². The van der Waals surface area contributed by atoms with Gasteiger partial charge in [0.1, 0.15) is 12.4 Å². The first-order valence-electron chi connectivity index (χ1n) is 13.1. The third-order valence-corrected chi connectivity index (χ3v) is 9.57. The van der Waals surface area contributed by atoms with E-state index in [1.807, 2.05) is 7.05 Å². The fourth-order valence-electron chi connectivity index (χ4n) is 4.97. The first-order chi connectivity index (χ1) is 17.4. The predicted octanol–water partition coefficient (Wildman–Crippen LogP) is 2.46. The zero-order chi connectivity index (χ0) is 27.8. The van der Waals surface area contributed by atoms with Crippen LogP contribution in [-0.4, -0.2) is 121 Å². The van der Waals surface area contributed by atoms with E-state index in [1.165, 1.54) is 24.2 Å². The number of aryl methyl sites for hydroxylation is 2. The molecule has 0 bridgehead atoms. The van der Waals surface area contributed by atoms with Crippen molar-refractivity contribution in [1.29, 1.82) is 0 Å². The van der Waals surface area contributed by atoms with Crippen molar-refractivity contribution in [1.82, 2.24) is 19.0 Å². The molecule has 9 nitrogen and oxygen atoms in total. The monoisotopic (exact) mass is 540 g/mol. The van der Waals surface area contributed by atoms with Crippen molar-refractivity contribution in [2.24, 2.45) is 5.92 Å². The molecule has 2 rings (SSSR count). The Morgan fingerprint density at radius 2 is 1.54 bits per heavy atom. The summed E-state index contributed by atoms with van der Waals surface area (Å²) < 4.78 is 38.3. The number of sulfonamides is 1. The second kappa shape index (κ2) is 14.4. The SMILES string of the molecule is COc1cc(C)c(S(=O)(=O)N(C)CCOCC(=O)N(C)C[C@H]2CC[C@@H](N(C)CCN(C)C)CC2)c(C)c1. The molecule has 0 spiro atoms. The van der Waals surface area contributed by atoms with Gasteiger partial charge in [-0.2, -0.15) is 4.31 Å². The number of rotatable bonds is 14. The van der Waals surface area contributed by atoms with E-state index in [0.717, 1.165) is 32.5 Å². The highest BCUT2D eigenvalue weighted by Gasteiger charge is 2.27. The topological polar surface area (TPSA) is 82.6 Å². The van der Waals surface area contributed by atoms with Gasteiger partial charge in [0.15, 0.2) is 0 Å². The highest BCUT2D eigenvalue weighted by Crippen LogP contribution is 2.28. The Morgan fingerprint density at radius 3 is 2.08 bits per heavy atom. The molecular formula is C27H48N4O5S. The number of methoxy groups -OCH3 is 1. The summed E-state index contributed by atoms with van der Waals surface area (Å²) in [6.45, 7) is 6.66. The van der Waals surface area contributed by atoms with Crippen LogP contribution in [0.15, 0.2) is 17.0 Å². The lowest BCUT2D eigenvalue weighted by atomic mass is 9.85. The standard InChI is InChI=1S/C27H48N4O5S/c1-21-17-25(35-8)18-22(2)27(21)37(33,34)31(7)15-16-36-20-26(32)30(6)19-23-9-11-24(12-10-23)29(5)14-13-28(3)4/h17-18,23-24H,9-16,19-20H2,1-8H3/t23-,24+. The third kappa shape index (κ3) is 9.21. The maximum absolute atomic E-state index is 13.1. The van der Waals surface area contributed by atoms with Gasteiger partial charge in [-0.3, -0.25) is 4.79 Å². The molecule has 1 amide bonds. The lowest BCUT2D eigenvalue weighted by molar-refractivity contribution is -0.135. The van der Waals surface area contributed by atoms with Crippen LogP contribution in [0.2, 0.25) is 0 Å². The minimum absolute atomic E-state index is 0.0480. The van der Waals surface area contributed by atoms with Gasteiger partial charge in [0.25, 0.3) is 0 Å². The maximum Gasteiger partial charge on any atom is 0.248 e. The van der Waals surface area contributed by atoms with E-state index < -0.39 is 10.0 Å². The zero-order valence-electron chi connectivity index (χ0n) is 24.1. The van der Waals surface area contributed by atoms with Crippen molar-refractivity contribution in [2.75, 3.05) is 81.7 Å². The number of carbonyl (C=O) groups excluding carboxylic acids is 1. The van der Waals surface area contributed by atoms with Gasteiger partial charge in [0.2, 0.25) is 15.9 Å². The van der Waals surface area contributed by atoms with E-state index in [1.54, 1.807) is 38.0 Å². The second-order valence-corrected chi connectivity index (χ2v) is 12.7. The molecular weight excluding hydrogens is 492 g/mol. The second-order valence-electron chi connectivity index (χ2n) is 10.7. The largest absolute Gasteiger partial charge is 0.497 e. The Labute approximate surface area is 224 Å². The van der Waals surface area contributed by atoms with Crippen molar-refractivity contribution in [3.63, 3.8) is 0 Å². The molecule has 1 fully saturated rings. The van der Waals surface area contributed by atoms with Gasteiger partial charge < -0.3 is 24.2 Å². The van der Waals surface area contributed by atoms with Crippen molar-refractivity contribution < 1.29 is 22.7 Å². The lowest BCUT2D eigenvalue weighted by Crippen LogP contribution is -2.41. The summed E-state index contributed by atoms with van der Waals surface area (Å²) >= 11 is 0. The Bertz CT molecular complexity index is 954. The molecule has 1 saturated carbocycles. The number of likely N-dealkylation sites (N-methyl/N-ethyl adjacent to an activating group) is 4. The van der Waals surface area contributed by atoms with Crippen LogP contribution < -0.4 is 4.74 Å². The van der Waals surface area contributed by atoms with E-state index in [0.29, 0.717) is 28.8 Å². The molecule has 1 aliphatic rings. The van der Waals surface area contributed by atoms with Crippen molar-refractivity contribution >= 4 is 15.9 Å². The fourth-order valence-corrected chi connectivity index (χ4v) is 6.53. The Morgan fingerprint density at radius 1 is 0.946 bits per heavy atom. The van der Waals surface area contributed by atoms with Crippen LogP contribution in [0.25, 0.3) is 0 Å². The molecule has 1 aromatic carbocycles. The number of ether oxygens (including phenoxy) is 2. The van der Waals surface area contributed by atoms with E-state index >= 15 is 0 Å². The van der Waals surface area contributed by atoms with Gasteiger partial charge in [0, 0.05) is 46.3 Å². The van der Waals surface area contributed by atoms with Gasteiger partial charge in [-0.1, -0.05) is 0 Å². The molecule has 0 heterocycles. The third-order valence-electron chi connectivity index (χ3n) is 7.41. The quantitative estimate of drug-likeness (QED) is 0.335. The molecule has 10 heteroatoms. The number of carbonyl (C=O) groups is 1. The van der Waals surface area contributed by atoms with Crippen LogP contribution in [0.3, 0.4) is 0 Å². The van der Waals surface area contributed by atoms with Crippen LogP contribution in [0, 0.1) is 19.8 Å². The van der Waals surface area contributed by atoms with Crippen LogP contribution in [-0.2, 0) is 19.6 Å². The highest BCUT2D eigenvalue weighted by molar-refractivity contribution is 7.89. The summed E-state index contributed by atoms with van der Waals surface area (Å²) in [5.74, 6) is 1.07. The van der Waals surface area contributed by atoms with Gasteiger partial charge in [-0.25, -0.2) is 8.42 Å². The van der Waals surface area contributed by atoms with Gasteiger partial charge in [-0.15, -0.1) is 0 Å². The number of hydrogen-bond donors (Lipinski definition) is 0. The molecule has 212 valence electrons. The summed E-state index contributed by atoms with van der Waals surface area (Å²) in [7, 11) is 7.65. The summed E-state index contributed by atoms with van der Waals surface area (Å²) in [5.41, 5.74) is 1.27. The molecule has 0 radical (unpaired) electrons. The summed E-state index contributed by atoms with van der Waals surface area (Å²) in [6.07, 6.45) is 4.59. The van der Waals surface area contributed by atoms with Crippen LogP contribution in [0.1, 0.15) is 36.8 Å². The highest BCUT2D eigenvalue weighted by atomic mass is 32.2. The molecule has 0 aromatic heterocycles. The van der Waals surface area contributed by atoms with Gasteiger partial charge in [-0.05, 0) is 89.9 Å². The maximum atomic E-state index is 13.1. The zero-order valence-corrected chi connectivity index (χ0v) is 24.9. The lowest BCUT2D eigenvalue weighted by Gasteiger charge is -2.36. The van der Waals surface area contributed by atoms with Crippen molar-refractivity contribution in [3.8, 4) is 5.75 Å². The van der Waals surface area contributed by atoms with Crippen molar-refractivity contribution in [2.45, 2.75) is 50.5 Å². The fraction of sp³-hybridized carbons (Fsp3) is 0.741. The molecule has 37 heavy (non-hydrogen) atoms. The van der Waals surface area contributed by atoms with E-state index in [-0.39, 0.29) is 30.6 Å². The molecule has 0 unspecified atom stereocenters. The predicted molar refractivity (Wildman–Crippen MR) is 148 cm³/mol. The Kier molecular flexibility index (Phi) is 12.3. The van der Waals surface area contributed by atoms with E-state index in [9.17, 15) is 13.2 Å². The molecule has 0 aliphatic heterocycles. The average Bonchev–Trinajstić information content (AvgIpc) is 2.84. The number of benzene rings is 1. The summed E-state index contributed by atoms with van der Waals surface area (Å²) in [6, 6.07) is 4.06. The number of amides is 1. The normalized spacial score (nSPS) is 18.6. The van der Waals surface area contributed by atoms with Crippen LogP contribution in [0.5, 0.6) is 5.75 Å². The Balaban J connectivity index is 1.74. The molecule has 0 N–H and O–H groups in total. The molecule has 0 atom stereocenters. The van der Waals surface area contributed by atoms with Crippen LogP contribution >= 0.6 is 0 Å². The van der Waals surface area contributed by atoms with Gasteiger partial charge >= 0.3 is 0 Å². The Hall–Kier alpha value is -1.72. The minimum Gasteiger partial charge on any atom is -0.497 e. The smallest absolute Gasteiger partial charge is 0.248 e. The van der Waals surface area contributed by atoms with Gasteiger partial charge in [0.05, 0.1) is 18.6 Å². The summed E-state index contributed by atoms with van der Waals surface area (Å²) in [5, 5.41) is 0. The molecule has 1 aliphatic carbocycles. The number of nitrogens with zero attached hydrogens (tertiary/aromatic N) is 4. The van der Waals surface area contributed by atoms with E-state index in [4.69, 9.17) is 9.47 Å². The average molecular weight is 541 g/mol. The van der Waals surface area contributed by atoms with Crippen molar-refractivity contribution in [3.05, 3.63) is 23.3 Å². The first kappa shape index (κ1) is 31.5. The number of hydrogen-bond acceptors (Lipinski definition) is 7. The van der Waals surface area contributed by atoms with E-state index in [2.05, 4.69) is 30.9 Å². The molecule has 0 saturated heterocycles. The summed E-state index contributed by atoms with van der Waals surface area (Å²) in [4.78, 5) is 19.3. The first-order valence-corrected chi connectivity index (χ1v) is 14.6. The molecule has 1 aromatic rings. The minimum atomic E-state index is -3.68.